The van der Waals surface area contributed by atoms with Crippen molar-refractivity contribution in [1.82, 2.24) is 14.8 Å². The zero-order valence-electron chi connectivity index (χ0n) is 14.0. The standard InChI is InChI=1S/C18H23FN4O/c1-2-23-16(11-13-3-4-13)20-21-17(23)22-10-9-18(24,12-22)14-5-7-15(19)8-6-14/h5-8,13,24H,2-4,9-12H2,1H3. The molecule has 1 saturated heterocycles. The Balaban J connectivity index is 1.56. The minimum Gasteiger partial charge on any atom is -0.383 e. The zero-order valence-corrected chi connectivity index (χ0v) is 14.0. The maximum Gasteiger partial charge on any atom is 0.227 e. The maximum atomic E-state index is 13.1. The fraction of sp³-hybridized carbons (Fsp3) is 0.556. The van der Waals surface area contributed by atoms with Crippen molar-refractivity contribution < 1.29 is 9.50 Å². The number of hydrogen-bond donors (Lipinski definition) is 1. The van der Waals surface area contributed by atoms with E-state index in [2.05, 4.69) is 26.6 Å². The highest BCUT2D eigenvalue weighted by Crippen LogP contribution is 2.36. The van der Waals surface area contributed by atoms with Gasteiger partial charge in [0.15, 0.2) is 0 Å². The van der Waals surface area contributed by atoms with Gasteiger partial charge in [-0.2, -0.15) is 0 Å². The first-order chi connectivity index (χ1) is 11.6. The molecule has 1 N–H and O–H groups in total. The van der Waals surface area contributed by atoms with Crippen molar-refractivity contribution in [1.29, 1.82) is 0 Å². The highest BCUT2D eigenvalue weighted by Gasteiger charge is 2.39. The van der Waals surface area contributed by atoms with Gasteiger partial charge in [-0.15, -0.1) is 10.2 Å². The van der Waals surface area contributed by atoms with Crippen molar-refractivity contribution in [2.75, 3.05) is 18.0 Å². The smallest absolute Gasteiger partial charge is 0.227 e. The Morgan fingerprint density at radius 2 is 2.00 bits per heavy atom. The normalized spacial score (nSPS) is 23.9. The molecule has 1 aromatic heterocycles. The number of nitrogens with zero attached hydrogens (tertiary/aromatic N) is 4. The second-order valence-corrected chi connectivity index (χ2v) is 7.02. The summed E-state index contributed by atoms with van der Waals surface area (Å²) in [6.45, 7) is 4.11. The highest BCUT2D eigenvalue weighted by atomic mass is 19.1. The van der Waals surface area contributed by atoms with E-state index in [1.165, 1.54) is 25.0 Å². The van der Waals surface area contributed by atoms with Crippen molar-refractivity contribution in [3.63, 3.8) is 0 Å². The van der Waals surface area contributed by atoms with Crippen LogP contribution in [-0.4, -0.2) is 33.0 Å². The number of aliphatic hydroxyl groups is 1. The van der Waals surface area contributed by atoms with Crippen LogP contribution in [0.25, 0.3) is 0 Å². The van der Waals surface area contributed by atoms with E-state index in [-0.39, 0.29) is 5.82 Å². The van der Waals surface area contributed by atoms with Gasteiger partial charge in [0.1, 0.15) is 17.2 Å². The van der Waals surface area contributed by atoms with Gasteiger partial charge < -0.3 is 10.0 Å². The number of rotatable bonds is 5. The molecule has 1 saturated carbocycles. The minimum absolute atomic E-state index is 0.285. The summed E-state index contributed by atoms with van der Waals surface area (Å²) in [7, 11) is 0. The van der Waals surface area contributed by atoms with Crippen LogP contribution in [0.3, 0.4) is 0 Å². The van der Waals surface area contributed by atoms with Gasteiger partial charge in [0.2, 0.25) is 5.95 Å². The molecule has 0 radical (unpaired) electrons. The summed E-state index contributed by atoms with van der Waals surface area (Å²) in [6, 6.07) is 6.14. The molecular formula is C18H23FN4O. The summed E-state index contributed by atoms with van der Waals surface area (Å²) in [5.41, 5.74) is -0.207. The van der Waals surface area contributed by atoms with Crippen molar-refractivity contribution in [3.8, 4) is 0 Å². The van der Waals surface area contributed by atoms with Gasteiger partial charge in [0, 0.05) is 19.5 Å². The molecule has 2 aliphatic rings. The summed E-state index contributed by atoms with van der Waals surface area (Å²) < 4.78 is 15.3. The molecule has 1 aliphatic carbocycles. The monoisotopic (exact) mass is 330 g/mol. The molecule has 1 aliphatic heterocycles. The van der Waals surface area contributed by atoms with E-state index in [0.29, 0.717) is 13.0 Å². The third-order valence-corrected chi connectivity index (χ3v) is 5.20. The van der Waals surface area contributed by atoms with Crippen molar-refractivity contribution >= 4 is 5.95 Å². The van der Waals surface area contributed by atoms with E-state index < -0.39 is 5.60 Å². The summed E-state index contributed by atoms with van der Waals surface area (Å²) >= 11 is 0. The Morgan fingerprint density at radius 3 is 2.67 bits per heavy atom. The molecule has 1 unspecified atom stereocenters. The summed E-state index contributed by atoms with van der Waals surface area (Å²) in [6.07, 6.45) is 4.18. The maximum absolute atomic E-state index is 13.1. The molecule has 0 spiro atoms. The predicted molar refractivity (Wildman–Crippen MR) is 89.3 cm³/mol. The summed E-state index contributed by atoms with van der Waals surface area (Å²) in [4.78, 5) is 2.09. The summed E-state index contributed by atoms with van der Waals surface area (Å²) in [5, 5.41) is 19.8. The predicted octanol–water partition coefficient (Wildman–Crippen LogP) is 2.49. The largest absolute Gasteiger partial charge is 0.383 e. The fourth-order valence-electron chi connectivity index (χ4n) is 3.58. The molecule has 2 heterocycles. The Kier molecular flexibility index (Phi) is 3.79. The Bertz CT molecular complexity index is 725. The van der Waals surface area contributed by atoms with E-state index in [1.54, 1.807) is 12.1 Å². The quantitative estimate of drug-likeness (QED) is 0.915. The Morgan fingerprint density at radius 1 is 1.25 bits per heavy atom. The van der Waals surface area contributed by atoms with Crippen LogP contribution < -0.4 is 4.90 Å². The number of benzene rings is 1. The average Bonchev–Trinajstić information content (AvgIpc) is 3.16. The molecule has 0 bridgehead atoms. The molecular weight excluding hydrogens is 307 g/mol. The molecule has 24 heavy (non-hydrogen) atoms. The van der Waals surface area contributed by atoms with Crippen molar-refractivity contribution in [2.24, 2.45) is 5.92 Å². The first kappa shape index (κ1) is 15.6. The van der Waals surface area contributed by atoms with E-state index in [1.807, 2.05) is 0 Å². The van der Waals surface area contributed by atoms with Crippen LogP contribution in [0.4, 0.5) is 10.3 Å². The lowest BCUT2D eigenvalue weighted by Crippen LogP contribution is -2.32. The van der Waals surface area contributed by atoms with Gasteiger partial charge in [-0.05, 0) is 49.8 Å². The molecule has 1 atom stereocenters. The first-order valence-corrected chi connectivity index (χ1v) is 8.74. The second kappa shape index (κ2) is 5.84. The molecule has 2 fully saturated rings. The topological polar surface area (TPSA) is 54.2 Å². The van der Waals surface area contributed by atoms with Gasteiger partial charge in [0.05, 0.1) is 6.54 Å². The number of hydrogen-bond acceptors (Lipinski definition) is 4. The van der Waals surface area contributed by atoms with Crippen LogP contribution in [0.15, 0.2) is 24.3 Å². The van der Waals surface area contributed by atoms with Gasteiger partial charge in [-0.1, -0.05) is 12.1 Å². The second-order valence-electron chi connectivity index (χ2n) is 7.02. The lowest BCUT2D eigenvalue weighted by atomic mass is 9.93. The zero-order chi connectivity index (χ0) is 16.7. The van der Waals surface area contributed by atoms with Crippen LogP contribution in [0, 0.1) is 11.7 Å². The first-order valence-electron chi connectivity index (χ1n) is 8.74. The molecule has 2 aromatic rings. The van der Waals surface area contributed by atoms with E-state index in [9.17, 15) is 9.50 Å². The fourth-order valence-corrected chi connectivity index (χ4v) is 3.58. The number of aromatic nitrogens is 3. The molecule has 5 nitrogen and oxygen atoms in total. The van der Waals surface area contributed by atoms with Gasteiger partial charge in [-0.3, -0.25) is 4.57 Å². The third-order valence-electron chi connectivity index (χ3n) is 5.20. The lowest BCUT2D eigenvalue weighted by Gasteiger charge is -2.24. The van der Waals surface area contributed by atoms with Crippen LogP contribution in [0.2, 0.25) is 0 Å². The summed E-state index contributed by atoms with van der Waals surface area (Å²) in [5.74, 6) is 2.37. The SMILES string of the molecule is CCn1c(CC2CC2)nnc1N1CCC(O)(c2ccc(F)cc2)C1. The number of halogens is 1. The molecule has 1 aromatic carbocycles. The van der Waals surface area contributed by atoms with Gasteiger partial charge in [0.25, 0.3) is 0 Å². The van der Waals surface area contributed by atoms with E-state index in [0.717, 1.165) is 42.8 Å². The molecule has 128 valence electrons. The molecule has 4 rings (SSSR count). The minimum atomic E-state index is -0.963. The average molecular weight is 330 g/mol. The molecule has 6 heteroatoms. The lowest BCUT2D eigenvalue weighted by molar-refractivity contribution is 0.0605. The van der Waals surface area contributed by atoms with Crippen LogP contribution >= 0.6 is 0 Å². The number of anilines is 1. The van der Waals surface area contributed by atoms with Gasteiger partial charge >= 0.3 is 0 Å². The Hall–Kier alpha value is -1.95. The Labute approximate surface area is 141 Å². The highest BCUT2D eigenvalue weighted by molar-refractivity contribution is 5.38. The van der Waals surface area contributed by atoms with Gasteiger partial charge in [-0.25, -0.2) is 4.39 Å². The molecule has 0 amide bonds. The number of β-amino-alcohol motifs (C(OH)–C–C–N with tert-alkyl or cyclic N) is 1. The van der Waals surface area contributed by atoms with Crippen LogP contribution in [0.1, 0.15) is 37.6 Å². The van der Waals surface area contributed by atoms with Crippen LogP contribution in [0.5, 0.6) is 0 Å². The van der Waals surface area contributed by atoms with E-state index in [4.69, 9.17) is 0 Å². The van der Waals surface area contributed by atoms with E-state index >= 15 is 0 Å². The third kappa shape index (κ3) is 2.79. The van der Waals surface area contributed by atoms with Crippen molar-refractivity contribution in [3.05, 3.63) is 41.5 Å². The van der Waals surface area contributed by atoms with Crippen LogP contribution in [-0.2, 0) is 18.6 Å². The van der Waals surface area contributed by atoms with Crippen molar-refractivity contribution in [2.45, 2.75) is 44.8 Å².